The van der Waals surface area contributed by atoms with Crippen LogP contribution >= 0.6 is 11.8 Å². The summed E-state index contributed by atoms with van der Waals surface area (Å²) in [6.07, 6.45) is 0.0203. The van der Waals surface area contributed by atoms with Gasteiger partial charge in [-0.25, -0.2) is 4.68 Å². The standard InChI is InChI=1S/C23H20N4O3S/c1-14-6-8-15(9-7-14)27-21(18-12-31-13-19(18)25-27)24-20(28)10-11-26-22(29)16-4-2-3-5-17(16)23(26)30/h2-9H,10-13H2,1H3,(H,24,28). The Bertz CT molecular complexity index is 1180. The highest BCUT2D eigenvalue weighted by atomic mass is 32.2. The molecule has 0 saturated heterocycles. The zero-order valence-electron chi connectivity index (χ0n) is 16.9. The quantitative estimate of drug-likeness (QED) is 0.624. The highest BCUT2D eigenvalue weighted by Gasteiger charge is 2.35. The van der Waals surface area contributed by atoms with Crippen molar-refractivity contribution in [2.75, 3.05) is 11.9 Å². The van der Waals surface area contributed by atoms with Crippen LogP contribution in [0, 0.1) is 6.92 Å². The van der Waals surface area contributed by atoms with Gasteiger partial charge in [0.25, 0.3) is 11.8 Å². The summed E-state index contributed by atoms with van der Waals surface area (Å²) >= 11 is 1.76. The van der Waals surface area contributed by atoms with Crippen molar-refractivity contribution in [3.63, 3.8) is 0 Å². The smallest absolute Gasteiger partial charge is 0.261 e. The summed E-state index contributed by atoms with van der Waals surface area (Å²) in [6, 6.07) is 14.7. The largest absolute Gasteiger partial charge is 0.310 e. The highest BCUT2D eigenvalue weighted by molar-refractivity contribution is 7.98. The molecule has 2 aliphatic heterocycles. The van der Waals surface area contributed by atoms with Crippen molar-refractivity contribution >= 4 is 35.3 Å². The molecule has 0 atom stereocenters. The number of thioether (sulfide) groups is 1. The lowest BCUT2D eigenvalue weighted by molar-refractivity contribution is -0.116. The predicted molar refractivity (Wildman–Crippen MR) is 118 cm³/mol. The van der Waals surface area contributed by atoms with Gasteiger partial charge in [0, 0.05) is 30.0 Å². The van der Waals surface area contributed by atoms with E-state index < -0.39 is 0 Å². The molecule has 0 spiro atoms. The van der Waals surface area contributed by atoms with Crippen LogP contribution in [0.15, 0.2) is 48.5 Å². The Morgan fingerprint density at radius 1 is 1.03 bits per heavy atom. The number of aromatic nitrogens is 2. The average molecular weight is 433 g/mol. The zero-order chi connectivity index (χ0) is 21.5. The minimum Gasteiger partial charge on any atom is -0.310 e. The first kappa shape index (κ1) is 19.6. The number of imide groups is 1. The Morgan fingerprint density at radius 2 is 1.71 bits per heavy atom. The van der Waals surface area contributed by atoms with Gasteiger partial charge < -0.3 is 5.32 Å². The SMILES string of the molecule is Cc1ccc(-n2nc3c(c2NC(=O)CCN2C(=O)c4ccccc4C2=O)CSC3)cc1. The second-order valence-electron chi connectivity index (χ2n) is 7.62. The summed E-state index contributed by atoms with van der Waals surface area (Å²) in [5.74, 6) is 1.30. The minimum absolute atomic E-state index is 0.0203. The fourth-order valence-corrected chi connectivity index (χ4v) is 4.90. The van der Waals surface area contributed by atoms with Crippen molar-refractivity contribution in [3.05, 3.63) is 76.5 Å². The Labute approximate surface area is 183 Å². The second-order valence-corrected chi connectivity index (χ2v) is 8.61. The molecular formula is C23H20N4O3S. The van der Waals surface area contributed by atoms with Crippen LogP contribution in [0.5, 0.6) is 0 Å². The first-order valence-electron chi connectivity index (χ1n) is 10.0. The third-order valence-electron chi connectivity index (χ3n) is 5.53. The van der Waals surface area contributed by atoms with Crippen molar-refractivity contribution < 1.29 is 14.4 Å². The second kappa shape index (κ2) is 7.70. The molecule has 5 rings (SSSR count). The summed E-state index contributed by atoms with van der Waals surface area (Å²) in [4.78, 5) is 38.9. The van der Waals surface area contributed by atoms with Gasteiger partial charge in [-0.1, -0.05) is 29.8 Å². The van der Waals surface area contributed by atoms with Gasteiger partial charge in [0.15, 0.2) is 0 Å². The van der Waals surface area contributed by atoms with Crippen LogP contribution in [0.4, 0.5) is 5.82 Å². The Morgan fingerprint density at radius 3 is 2.39 bits per heavy atom. The Hall–Kier alpha value is -3.39. The first-order valence-corrected chi connectivity index (χ1v) is 11.2. The molecule has 8 heteroatoms. The zero-order valence-corrected chi connectivity index (χ0v) is 17.7. The Balaban J connectivity index is 1.33. The van der Waals surface area contributed by atoms with E-state index in [9.17, 15) is 14.4 Å². The van der Waals surface area contributed by atoms with Crippen molar-refractivity contribution in [1.29, 1.82) is 0 Å². The normalized spacial score (nSPS) is 14.7. The molecule has 0 aliphatic carbocycles. The maximum atomic E-state index is 12.8. The monoisotopic (exact) mass is 432 g/mol. The third-order valence-corrected chi connectivity index (χ3v) is 6.50. The topological polar surface area (TPSA) is 84.3 Å². The number of amides is 3. The number of carbonyl (C=O) groups is 3. The molecule has 1 aromatic heterocycles. The number of hydrogen-bond acceptors (Lipinski definition) is 5. The predicted octanol–water partition coefficient (Wildman–Crippen LogP) is 3.55. The van der Waals surface area contributed by atoms with Crippen LogP contribution in [-0.2, 0) is 16.3 Å². The fourth-order valence-electron chi connectivity index (χ4n) is 3.86. The van der Waals surface area contributed by atoms with Crippen LogP contribution in [0.25, 0.3) is 5.69 Å². The van der Waals surface area contributed by atoms with E-state index in [4.69, 9.17) is 5.10 Å². The lowest BCUT2D eigenvalue weighted by Crippen LogP contribution is -2.33. The molecule has 3 heterocycles. The number of hydrogen-bond donors (Lipinski definition) is 1. The van der Waals surface area contributed by atoms with Gasteiger partial charge in [0.1, 0.15) is 5.82 Å². The van der Waals surface area contributed by atoms with Crippen LogP contribution in [0.2, 0.25) is 0 Å². The summed E-state index contributed by atoms with van der Waals surface area (Å²) in [5.41, 5.74) is 4.80. The Kier molecular flexibility index (Phi) is 4.86. The van der Waals surface area contributed by atoms with E-state index >= 15 is 0 Å². The molecular weight excluding hydrogens is 412 g/mol. The van der Waals surface area contributed by atoms with Crippen LogP contribution < -0.4 is 5.32 Å². The maximum Gasteiger partial charge on any atom is 0.261 e. The average Bonchev–Trinajstić information content (AvgIpc) is 3.42. The molecule has 0 saturated carbocycles. The number of nitrogens with zero attached hydrogens (tertiary/aromatic N) is 3. The van der Waals surface area contributed by atoms with Gasteiger partial charge in [-0.15, -0.1) is 0 Å². The molecule has 156 valence electrons. The van der Waals surface area contributed by atoms with Crippen LogP contribution in [-0.4, -0.2) is 38.9 Å². The molecule has 0 bridgehead atoms. The van der Waals surface area contributed by atoms with Gasteiger partial charge in [-0.05, 0) is 31.2 Å². The molecule has 1 N–H and O–H groups in total. The van der Waals surface area contributed by atoms with Crippen molar-refractivity contribution in [1.82, 2.24) is 14.7 Å². The van der Waals surface area contributed by atoms with E-state index in [0.717, 1.165) is 38.9 Å². The first-order chi connectivity index (χ1) is 15.0. The van der Waals surface area contributed by atoms with Gasteiger partial charge in [0.05, 0.1) is 22.5 Å². The highest BCUT2D eigenvalue weighted by Crippen LogP contribution is 2.36. The van der Waals surface area contributed by atoms with Gasteiger partial charge in [0.2, 0.25) is 5.91 Å². The molecule has 2 aliphatic rings. The molecule has 0 radical (unpaired) electrons. The summed E-state index contributed by atoms with van der Waals surface area (Å²) < 4.78 is 1.77. The molecule has 3 amide bonds. The third kappa shape index (κ3) is 3.42. The number of carbonyl (C=O) groups excluding carboxylic acids is 3. The molecule has 3 aromatic rings. The summed E-state index contributed by atoms with van der Waals surface area (Å²) in [5, 5.41) is 7.67. The minimum atomic E-state index is -0.351. The summed E-state index contributed by atoms with van der Waals surface area (Å²) in [7, 11) is 0. The number of fused-ring (bicyclic) bond motifs is 2. The maximum absolute atomic E-state index is 12.8. The van der Waals surface area contributed by atoms with Crippen molar-refractivity contribution in [2.24, 2.45) is 0 Å². The van der Waals surface area contributed by atoms with E-state index in [1.807, 2.05) is 31.2 Å². The van der Waals surface area contributed by atoms with E-state index in [1.54, 1.807) is 40.7 Å². The number of nitrogens with one attached hydrogen (secondary N) is 1. The van der Waals surface area contributed by atoms with Crippen LogP contribution in [0.3, 0.4) is 0 Å². The molecule has 7 nitrogen and oxygen atoms in total. The summed E-state index contributed by atoms with van der Waals surface area (Å²) in [6.45, 7) is 2.05. The van der Waals surface area contributed by atoms with E-state index in [2.05, 4.69) is 5.32 Å². The number of rotatable bonds is 5. The van der Waals surface area contributed by atoms with Gasteiger partial charge in [-0.2, -0.15) is 16.9 Å². The van der Waals surface area contributed by atoms with Crippen LogP contribution in [0.1, 0.15) is 44.0 Å². The molecule has 2 aromatic carbocycles. The van der Waals surface area contributed by atoms with Gasteiger partial charge in [-0.3, -0.25) is 19.3 Å². The number of anilines is 1. The lowest BCUT2D eigenvalue weighted by Gasteiger charge is -2.15. The van der Waals surface area contributed by atoms with Crippen molar-refractivity contribution in [2.45, 2.75) is 24.9 Å². The molecule has 0 fully saturated rings. The molecule has 31 heavy (non-hydrogen) atoms. The van der Waals surface area contributed by atoms with E-state index in [0.29, 0.717) is 16.9 Å². The number of benzene rings is 2. The lowest BCUT2D eigenvalue weighted by atomic mass is 10.1. The molecule has 0 unspecified atom stereocenters. The van der Waals surface area contributed by atoms with E-state index in [-0.39, 0.29) is 30.7 Å². The number of aryl methyl sites for hydroxylation is 1. The van der Waals surface area contributed by atoms with E-state index in [1.165, 1.54) is 0 Å². The van der Waals surface area contributed by atoms with Crippen molar-refractivity contribution in [3.8, 4) is 5.69 Å². The van der Waals surface area contributed by atoms with Gasteiger partial charge >= 0.3 is 0 Å². The fraction of sp³-hybridized carbons (Fsp3) is 0.217.